The molecule has 0 aromatic heterocycles. The number of carbonyl (C=O) groups is 2. The van der Waals surface area contributed by atoms with Crippen molar-refractivity contribution >= 4 is 47.6 Å². The number of esters is 1. The van der Waals surface area contributed by atoms with Gasteiger partial charge in [0.05, 0.1) is 12.7 Å². The molecule has 0 aliphatic carbocycles. The quantitative estimate of drug-likeness (QED) is 0.476. The molecule has 0 fully saturated rings. The van der Waals surface area contributed by atoms with Crippen LogP contribution in [0.25, 0.3) is 6.08 Å². The average Bonchev–Trinajstić information content (AvgIpc) is 2.26. The third-order valence-electron chi connectivity index (χ3n) is 1.77. The van der Waals surface area contributed by atoms with Crippen molar-refractivity contribution in [2.24, 2.45) is 0 Å². The van der Waals surface area contributed by atoms with Gasteiger partial charge in [-0.15, -0.1) is 0 Å². The normalized spacial score (nSPS) is 9.56. The molecule has 1 rings (SSSR count). The van der Waals surface area contributed by atoms with E-state index in [1.165, 1.54) is 25.3 Å². The molecular weight excluding hydrogens is 219 g/mol. The van der Waals surface area contributed by atoms with Gasteiger partial charge in [-0.3, -0.25) is 0 Å². The molecule has 0 saturated carbocycles. The van der Waals surface area contributed by atoms with Gasteiger partial charge >= 0.3 is 41.5 Å². The minimum absolute atomic E-state index is 0. The molecule has 1 aromatic rings. The molecule has 0 unspecified atom stereocenters. The second-order valence-electron chi connectivity index (χ2n) is 2.78. The van der Waals surface area contributed by atoms with Gasteiger partial charge in [-0.25, -0.2) is 9.59 Å². The number of hydrogen-bond acceptors (Lipinski definition) is 3. The molecule has 16 heavy (non-hydrogen) atoms. The number of ether oxygens (including phenoxy) is 1. The van der Waals surface area contributed by atoms with Crippen molar-refractivity contribution in [1.82, 2.24) is 0 Å². The molecular formula is C11H11NaO4. The standard InChI is InChI=1S/C11H10O4.Na.H/c1-15-10(12)7-4-8-2-5-9(6-3-8)11(13)14;;/h2-7H,1H3,(H,13,14);;. The molecule has 5 heteroatoms. The van der Waals surface area contributed by atoms with E-state index in [9.17, 15) is 9.59 Å². The summed E-state index contributed by atoms with van der Waals surface area (Å²) in [5.74, 6) is -1.42. The molecule has 1 N–H and O–H groups in total. The first-order chi connectivity index (χ1) is 7.13. The van der Waals surface area contributed by atoms with Crippen LogP contribution >= 0.6 is 0 Å². The molecule has 4 nitrogen and oxygen atoms in total. The van der Waals surface area contributed by atoms with Crippen LogP contribution in [-0.4, -0.2) is 53.7 Å². The first-order valence-electron chi connectivity index (χ1n) is 4.23. The zero-order valence-electron chi connectivity index (χ0n) is 8.14. The van der Waals surface area contributed by atoms with Gasteiger partial charge in [-0.05, 0) is 23.8 Å². The van der Waals surface area contributed by atoms with Gasteiger partial charge in [0, 0.05) is 6.08 Å². The van der Waals surface area contributed by atoms with Crippen molar-refractivity contribution in [2.75, 3.05) is 7.11 Å². The summed E-state index contributed by atoms with van der Waals surface area (Å²) in [6.45, 7) is 0. The maximum absolute atomic E-state index is 10.8. The molecule has 0 atom stereocenters. The zero-order valence-corrected chi connectivity index (χ0v) is 8.14. The molecule has 0 saturated heterocycles. The Hall–Kier alpha value is -1.10. The van der Waals surface area contributed by atoms with Gasteiger partial charge in [0.15, 0.2) is 0 Å². The number of carboxylic acid groups (broad SMARTS) is 1. The van der Waals surface area contributed by atoms with Crippen LogP contribution in [0.15, 0.2) is 30.3 Å². The van der Waals surface area contributed by atoms with Crippen LogP contribution in [0.3, 0.4) is 0 Å². The van der Waals surface area contributed by atoms with Gasteiger partial charge in [-0.2, -0.15) is 0 Å². The van der Waals surface area contributed by atoms with E-state index in [0.717, 1.165) is 5.56 Å². The predicted octanol–water partition coefficient (Wildman–Crippen LogP) is 0.922. The fourth-order valence-electron chi connectivity index (χ4n) is 0.969. The van der Waals surface area contributed by atoms with Gasteiger partial charge in [0.1, 0.15) is 0 Å². The van der Waals surface area contributed by atoms with E-state index in [0.29, 0.717) is 0 Å². The summed E-state index contributed by atoms with van der Waals surface area (Å²) < 4.78 is 4.41. The van der Waals surface area contributed by atoms with Gasteiger partial charge in [0.25, 0.3) is 0 Å². The van der Waals surface area contributed by atoms with Crippen LogP contribution in [-0.2, 0) is 9.53 Å². The Morgan fingerprint density at radius 3 is 2.25 bits per heavy atom. The number of hydrogen-bond donors (Lipinski definition) is 1. The molecule has 0 spiro atoms. The first-order valence-corrected chi connectivity index (χ1v) is 4.23. The monoisotopic (exact) mass is 230 g/mol. The van der Waals surface area contributed by atoms with Crippen molar-refractivity contribution in [1.29, 1.82) is 0 Å². The van der Waals surface area contributed by atoms with Crippen LogP contribution in [0.5, 0.6) is 0 Å². The fraction of sp³-hybridized carbons (Fsp3) is 0.0909. The topological polar surface area (TPSA) is 63.6 Å². The van der Waals surface area contributed by atoms with Gasteiger partial charge in [0.2, 0.25) is 0 Å². The Bertz CT molecular complexity index is 395. The van der Waals surface area contributed by atoms with E-state index in [-0.39, 0.29) is 35.1 Å². The van der Waals surface area contributed by atoms with Crippen molar-refractivity contribution in [2.45, 2.75) is 0 Å². The Morgan fingerprint density at radius 2 is 1.81 bits per heavy atom. The van der Waals surface area contributed by atoms with Crippen LogP contribution in [0.2, 0.25) is 0 Å². The third kappa shape index (κ3) is 4.61. The van der Waals surface area contributed by atoms with Crippen LogP contribution in [0.4, 0.5) is 0 Å². The summed E-state index contributed by atoms with van der Waals surface area (Å²) >= 11 is 0. The minimum atomic E-state index is -0.974. The Balaban J connectivity index is 0.00000225. The Kier molecular flexibility index (Phi) is 6.72. The van der Waals surface area contributed by atoms with Crippen LogP contribution in [0, 0.1) is 0 Å². The number of rotatable bonds is 3. The van der Waals surface area contributed by atoms with E-state index in [4.69, 9.17) is 5.11 Å². The van der Waals surface area contributed by atoms with Crippen molar-refractivity contribution in [3.8, 4) is 0 Å². The van der Waals surface area contributed by atoms with E-state index in [2.05, 4.69) is 4.74 Å². The van der Waals surface area contributed by atoms with Crippen molar-refractivity contribution in [3.05, 3.63) is 41.5 Å². The number of carboxylic acids is 1. The van der Waals surface area contributed by atoms with E-state index < -0.39 is 11.9 Å². The van der Waals surface area contributed by atoms with Crippen molar-refractivity contribution in [3.63, 3.8) is 0 Å². The maximum atomic E-state index is 10.8. The second-order valence-corrected chi connectivity index (χ2v) is 2.78. The average molecular weight is 230 g/mol. The van der Waals surface area contributed by atoms with Crippen LogP contribution < -0.4 is 0 Å². The first kappa shape index (κ1) is 14.9. The predicted molar refractivity (Wildman–Crippen MR) is 61.6 cm³/mol. The summed E-state index contributed by atoms with van der Waals surface area (Å²) in [6.07, 6.45) is 2.83. The summed E-state index contributed by atoms with van der Waals surface area (Å²) in [6, 6.07) is 6.17. The number of benzene rings is 1. The summed E-state index contributed by atoms with van der Waals surface area (Å²) in [5, 5.41) is 8.64. The molecule has 0 bridgehead atoms. The Labute approximate surface area is 115 Å². The second kappa shape index (κ2) is 7.22. The summed E-state index contributed by atoms with van der Waals surface area (Å²) in [4.78, 5) is 21.3. The number of methoxy groups -OCH3 is 1. The fourth-order valence-corrected chi connectivity index (χ4v) is 0.969. The van der Waals surface area contributed by atoms with Crippen LogP contribution in [0.1, 0.15) is 15.9 Å². The molecule has 0 amide bonds. The Morgan fingerprint density at radius 1 is 1.25 bits per heavy atom. The SMILES string of the molecule is COC(=O)C=Cc1ccc(C(=O)O)cc1.[NaH]. The van der Waals surface area contributed by atoms with Gasteiger partial charge < -0.3 is 9.84 Å². The molecule has 0 radical (unpaired) electrons. The summed E-state index contributed by atoms with van der Waals surface area (Å²) in [7, 11) is 1.29. The molecule has 0 heterocycles. The molecule has 1 aromatic carbocycles. The van der Waals surface area contributed by atoms with E-state index >= 15 is 0 Å². The summed E-state index contributed by atoms with van der Waals surface area (Å²) in [5.41, 5.74) is 0.954. The molecule has 0 aliphatic rings. The van der Waals surface area contributed by atoms with Gasteiger partial charge in [-0.1, -0.05) is 12.1 Å². The van der Waals surface area contributed by atoms with E-state index in [1.807, 2.05) is 0 Å². The molecule has 0 aliphatic heterocycles. The number of aromatic carboxylic acids is 1. The third-order valence-corrected chi connectivity index (χ3v) is 1.77. The number of carbonyl (C=O) groups excluding carboxylic acids is 1. The van der Waals surface area contributed by atoms with Crippen molar-refractivity contribution < 1.29 is 19.4 Å². The van der Waals surface area contributed by atoms with E-state index in [1.54, 1.807) is 18.2 Å². The molecule has 80 valence electrons. The zero-order chi connectivity index (χ0) is 11.3.